The molecule has 2 bridgehead atoms. The molecule has 0 unspecified atom stereocenters. The Hall–Kier alpha value is -2.37. The molecule has 1 saturated heterocycles. The van der Waals surface area contributed by atoms with Gasteiger partial charge in [0.25, 0.3) is 0 Å². The Morgan fingerprint density at radius 3 is 2.60 bits per heavy atom. The molecule has 1 fully saturated rings. The molecule has 4 atom stereocenters. The van der Waals surface area contributed by atoms with Crippen molar-refractivity contribution in [1.82, 2.24) is 0 Å². The number of carbonyl (C=O) groups excluding carboxylic acids is 3. The second kappa shape index (κ2) is 6.50. The van der Waals surface area contributed by atoms with Crippen LogP contribution in [0.25, 0.3) is 0 Å². The zero-order valence-corrected chi connectivity index (χ0v) is 14.6. The summed E-state index contributed by atoms with van der Waals surface area (Å²) < 4.78 is 16.4. The van der Waals surface area contributed by atoms with E-state index in [-0.39, 0.29) is 24.0 Å². The summed E-state index contributed by atoms with van der Waals surface area (Å²) in [4.78, 5) is 36.3. The summed E-state index contributed by atoms with van der Waals surface area (Å²) in [6, 6.07) is 0. The smallest absolute Gasteiger partial charge is 0.334 e. The molecular formula is C19H22O6. The standard InChI is InChI=1S/C19H22O6/c1-9(2)17(20)24-15-8-12-7-13(23-19(12)22)5-10(3)6-14-16(15)11(4)18(21)25-14/h6-7,9,13-16H,4-5,8H2,1-3H3/b10-6-/t13-,14-,15+,16+/m1/s1. The third-order valence-electron chi connectivity index (χ3n) is 4.70. The molecule has 0 amide bonds. The molecule has 0 N–H and O–H groups in total. The Morgan fingerprint density at radius 1 is 1.20 bits per heavy atom. The minimum atomic E-state index is -0.710. The van der Waals surface area contributed by atoms with Gasteiger partial charge >= 0.3 is 17.9 Å². The van der Waals surface area contributed by atoms with Gasteiger partial charge in [-0.3, -0.25) is 4.79 Å². The van der Waals surface area contributed by atoms with E-state index in [4.69, 9.17) is 14.2 Å². The van der Waals surface area contributed by atoms with Crippen molar-refractivity contribution >= 4 is 17.9 Å². The molecule has 25 heavy (non-hydrogen) atoms. The van der Waals surface area contributed by atoms with Crippen LogP contribution in [0.4, 0.5) is 0 Å². The highest BCUT2D eigenvalue weighted by Crippen LogP contribution is 2.38. The van der Waals surface area contributed by atoms with E-state index < -0.39 is 36.0 Å². The van der Waals surface area contributed by atoms with Crippen LogP contribution in [0, 0.1) is 11.8 Å². The van der Waals surface area contributed by atoms with Gasteiger partial charge in [-0.05, 0) is 19.1 Å². The molecule has 6 heteroatoms. The molecule has 0 aromatic heterocycles. The van der Waals surface area contributed by atoms with Gasteiger partial charge in [-0.15, -0.1) is 0 Å². The number of hydrogen-bond acceptors (Lipinski definition) is 6. The summed E-state index contributed by atoms with van der Waals surface area (Å²) in [5.74, 6) is -2.13. The van der Waals surface area contributed by atoms with Crippen LogP contribution in [-0.4, -0.2) is 36.2 Å². The maximum absolute atomic E-state index is 12.2. The highest BCUT2D eigenvalue weighted by molar-refractivity contribution is 5.92. The van der Waals surface area contributed by atoms with E-state index in [2.05, 4.69) is 6.58 Å². The summed E-state index contributed by atoms with van der Waals surface area (Å²) >= 11 is 0. The molecule has 0 spiro atoms. The minimum Gasteiger partial charge on any atom is -0.461 e. The first kappa shape index (κ1) is 17.5. The number of esters is 3. The number of hydrogen-bond donors (Lipinski definition) is 0. The lowest BCUT2D eigenvalue weighted by Crippen LogP contribution is -2.35. The van der Waals surface area contributed by atoms with Crippen molar-refractivity contribution in [3.63, 3.8) is 0 Å². The van der Waals surface area contributed by atoms with Crippen LogP contribution in [0.15, 0.2) is 35.5 Å². The third-order valence-corrected chi connectivity index (χ3v) is 4.70. The van der Waals surface area contributed by atoms with Gasteiger partial charge in [0.15, 0.2) is 0 Å². The van der Waals surface area contributed by atoms with Crippen molar-refractivity contribution in [2.24, 2.45) is 11.8 Å². The van der Waals surface area contributed by atoms with Crippen molar-refractivity contribution in [2.45, 2.75) is 51.9 Å². The molecule has 6 nitrogen and oxygen atoms in total. The molecule has 0 radical (unpaired) electrons. The molecule has 134 valence electrons. The Bertz CT molecular complexity index is 699. The minimum absolute atomic E-state index is 0.178. The van der Waals surface area contributed by atoms with Crippen molar-refractivity contribution in [1.29, 1.82) is 0 Å². The fourth-order valence-corrected chi connectivity index (χ4v) is 3.38. The van der Waals surface area contributed by atoms with Crippen LogP contribution in [0.3, 0.4) is 0 Å². The summed E-state index contributed by atoms with van der Waals surface area (Å²) in [6.45, 7) is 9.18. The molecule has 0 aromatic rings. The summed E-state index contributed by atoms with van der Waals surface area (Å²) in [6.07, 6.45) is 2.73. The first-order valence-electron chi connectivity index (χ1n) is 8.45. The van der Waals surface area contributed by atoms with Gasteiger partial charge in [0, 0.05) is 24.0 Å². The van der Waals surface area contributed by atoms with Crippen molar-refractivity contribution in [3.8, 4) is 0 Å². The van der Waals surface area contributed by atoms with Crippen molar-refractivity contribution in [2.75, 3.05) is 0 Å². The maximum atomic E-state index is 12.2. The summed E-state index contributed by atoms with van der Waals surface area (Å²) in [5.41, 5.74) is 1.66. The summed E-state index contributed by atoms with van der Waals surface area (Å²) in [5, 5.41) is 0. The van der Waals surface area contributed by atoms with Crippen LogP contribution in [-0.2, 0) is 28.6 Å². The van der Waals surface area contributed by atoms with E-state index in [1.165, 1.54) is 0 Å². The largest absolute Gasteiger partial charge is 0.461 e. The van der Waals surface area contributed by atoms with E-state index >= 15 is 0 Å². The predicted molar refractivity (Wildman–Crippen MR) is 88.2 cm³/mol. The quantitative estimate of drug-likeness (QED) is 0.330. The van der Waals surface area contributed by atoms with Crippen molar-refractivity contribution < 1.29 is 28.6 Å². The van der Waals surface area contributed by atoms with Gasteiger partial charge in [-0.2, -0.15) is 0 Å². The number of fused-ring (bicyclic) bond motifs is 2. The molecule has 2 heterocycles. The SMILES string of the molecule is C=C1C(=O)O[C@@H]2/C=C(/C)C[C@@H]3C=C(C[C@H](OC(=O)C(C)C)[C@@H]12)C(=O)O3. The lowest BCUT2D eigenvalue weighted by Gasteiger charge is -2.27. The first-order chi connectivity index (χ1) is 11.8. The van der Waals surface area contributed by atoms with Crippen molar-refractivity contribution in [3.05, 3.63) is 35.5 Å². The Morgan fingerprint density at radius 2 is 1.92 bits per heavy atom. The van der Waals surface area contributed by atoms with Gasteiger partial charge in [-0.25, -0.2) is 9.59 Å². The fourth-order valence-electron chi connectivity index (χ4n) is 3.38. The van der Waals surface area contributed by atoms with Gasteiger partial charge in [-0.1, -0.05) is 26.0 Å². The van der Waals surface area contributed by atoms with Gasteiger partial charge < -0.3 is 14.2 Å². The first-order valence-corrected chi connectivity index (χ1v) is 8.45. The van der Waals surface area contributed by atoms with Crippen LogP contribution < -0.4 is 0 Å². The number of ether oxygens (including phenoxy) is 3. The topological polar surface area (TPSA) is 78.9 Å². The van der Waals surface area contributed by atoms with E-state index in [1.54, 1.807) is 19.9 Å². The maximum Gasteiger partial charge on any atom is 0.334 e. The van der Waals surface area contributed by atoms with E-state index in [0.29, 0.717) is 12.0 Å². The summed E-state index contributed by atoms with van der Waals surface area (Å²) in [7, 11) is 0. The molecular weight excluding hydrogens is 324 g/mol. The number of carbonyl (C=O) groups is 3. The van der Waals surface area contributed by atoms with Crippen LogP contribution in [0.5, 0.6) is 0 Å². The third kappa shape index (κ3) is 3.38. The fraction of sp³-hybridized carbons (Fsp3) is 0.526. The highest BCUT2D eigenvalue weighted by Gasteiger charge is 2.46. The second-order valence-electron chi connectivity index (χ2n) is 7.11. The lowest BCUT2D eigenvalue weighted by atomic mass is 9.85. The average Bonchev–Trinajstić information content (AvgIpc) is 2.98. The molecule has 0 aromatic carbocycles. The zero-order valence-electron chi connectivity index (χ0n) is 14.6. The average molecular weight is 346 g/mol. The van der Waals surface area contributed by atoms with Crippen LogP contribution in [0.1, 0.15) is 33.6 Å². The predicted octanol–water partition coefficient (Wildman–Crippen LogP) is 2.24. The second-order valence-corrected chi connectivity index (χ2v) is 7.11. The molecule has 0 saturated carbocycles. The molecule has 2 aliphatic heterocycles. The molecule has 1 aliphatic carbocycles. The number of rotatable bonds is 2. The van der Waals surface area contributed by atoms with E-state index in [1.807, 2.05) is 13.0 Å². The van der Waals surface area contributed by atoms with Crippen LogP contribution >= 0.6 is 0 Å². The Balaban J connectivity index is 1.99. The lowest BCUT2D eigenvalue weighted by molar-refractivity contribution is -0.156. The van der Waals surface area contributed by atoms with Gasteiger partial charge in [0.2, 0.25) is 0 Å². The Kier molecular flexibility index (Phi) is 4.54. The van der Waals surface area contributed by atoms with Gasteiger partial charge in [0.05, 0.1) is 11.8 Å². The Labute approximate surface area is 146 Å². The normalized spacial score (nSPS) is 33.8. The molecule has 3 aliphatic rings. The van der Waals surface area contributed by atoms with E-state index in [9.17, 15) is 14.4 Å². The monoisotopic (exact) mass is 346 g/mol. The highest BCUT2D eigenvalue weighted by atomic mass is 16.6. The van der Waals surface area contributed by atoms with Crippen LogP contribution in [0.2, 0.25) is 0 Å². The zero-order chi connectivity index (χ0) is 18.3. The molecule has 3 rings (SSSR count). The van der Waals surface area contributed by atoms with Gasteiger partial charge in [0.1, 0.15) is 18.3 Å². The van der Waals surface area contributed by atoms with E-state index in [0.717, 1.165) is 5.57 Å².